The first-order chi connectivity index (χ1) is 6.93. The maximum Gasteiger partial charge on any atom is 0.0700 e. The standard InChI is InChI=1S/C11H23NO2.ClH/c1-2-6-13-7-8-14-10-11-4-3-5-12-9-11;/h11-12H,2-10H2,1H3;1H. The van der Waals surface area contributed by atoms with Gasteiger partial charge >= 0.3 is 0 Å². The van der Waals surface area contributed by atoms with Gasteiger partial charge in [0.15, 0.2) is 0 Å². The van der Waals surface area contributed by atoms with Crippen molar-refractivity contribution in [3.8, 4) is 0 Å². The van der Waals surface area contributed by atoms with E-state index in [4.69, 9.17) is 9.47 Å². The SMILES string of the molecule is CCCOCCOCC1CCCNC1.Cl. The molecule has 1 atom stereocenters. The molecule has 1 saturated heterocycles. The second kappa shape index (κ2) is 10.7. The number of nitrogens with one attached hydrogen (secondary N) is 1. The summed E-state index contributed by atoms with van der Waals surface area (Å²) in [6.07, 6.45) is 3.69. The zero-order chi connectivity index (χ0) is 10.1. The maximum atomic E-state index is 5.55. The molecule has 1 aliphatic rings. The smallest absolute Gasteiger partial charge is 0.0700 e. The van der Waals surface area contributed by atoms with Crippen molar-refractivity contribution in [3.05, 3.63) is 0 Å². The summed E-state index contributed by atoms with van der Waals surface area (Å²) in [6.45, 7) is 7.65. The predicted molar refractivity (Wildman–Crippen MR) is 64.8 cm³/mol. The van der Waals surface area contributed by atoms with E-state index in [1.54, 1.807) is 0 Å². The molecule has 3 nitrogen and oxygen atoms in total. The Morgan fingerprint density at radius 2 is 2.00 bits per heavy atom. The summed E-state index contributed by atoms with van der Waals surface area (Å²) in [5.74, 6) is 0.718. The van der Waals surface area contributed by atoms with Crippen LogP contribution in [0.2, 0.25) is 0 Å². The molecule has 0 saturated carbocycles. The number of piperidine rings is 1. The third-order valence-corrected chi connectivity index (χ3v) is 2.47. The molecular formula is C11H24ClNO2. The lowest BCUT2D eigenvalue weighted by atomic mass is 10.0. The van der Waals surface area contributed by atoms with Crippen LogP contribution in [0.1, 0.15) is 26.2 Å². The summed E-state index contributed by atoms with van der Waals surface area (Å²) >= 11 is 0. The van der Waals surface area contributed by atoms with Crippen molar-refractivity contribution in [1.29, 1.82) is 0 Å². The van der Waals surface area contributed by atoms with Crippen LogP contribution >= 0.6 is 12.4 Å². The summed E-state index contributed by atoms with van der Waals surface area (Å²) in [5, 5.41) is 3.38. The second-order valence-electron chi connectivity index (χ2n) is 3.90. The molecule has 0 spiro atoms. The number of hydrogen-bond acceptors (Lipinski definition) is 3. The van der Waals surface area contributed by atoms with Crippen molar-refractivity contribution in [2.24, 2.45) is 5.92 Å². The van der Waals surface area contributed by atoms with Gasteiger partial charge in [0.05, 0.1) is 19.8 Å². The van der Waals surface area contributed by atoms with Crippen molar-refractivity contribution in [1.82, 2.24) is 5.32 Å². The first-order valence-electron chi connectivity index (χ1n) is 5.79. The monoisotopic (exact) mass is 237 g/mol. The second-order valence-corrected chi connectivity index (χ2v) is 3.90. The summed E-state index contributed by atoms with van der Waals surface area (Å²) in [7, 11) is 0. The van der Waals surface area contributed by atoms with Crippen LogP contribution in [0.3, 0.4) is 0 Å². The van der Waals surface area contributed by atoms with Crippen LogP contribution < -0.4 is 5.32 Å². The minimum Gasteiger partial charge on any atom is -0.379 e. The van der Waals surface area contributed by atoms with Gasteiger partial charge < -0.3 is 14.8 Å². The van der Waals surface area contributed by atoms with Gasteiger partial charge in [-0.2, -0.15) is 0 Å². The van der Waals surface area contributed by atoms with E-state index in [1.807, 2.05) is 0 Å². The lowest BCUT2D eigenvalue weighted by Crippen LogP contribution is -2.32. The van der Waals surface area contributed by atoms with Crippen LogP contribution in [0.5, 0.6) is 0 Å². The van der Waals surface area contributed by atoms with Gasteiger partial charge in [0.25, 0.3) is 0 Å². The fourth-order valence-electron chi connectivity index (χ4n) is 1.68. The molecule has 1 heterocycles. The molecule has 1 aliphatic heterocycles. The fourth-order valence-corrected chi connectivity index (χ4v) is 1.68. The van der Waals surface area contributed by atoms with Crippen molar-refractivity contribution >= 4 is 12.4 Å². The number of rotatable bonds is 7. The highest BCUT2D eigenvalue weighted by molar-refractivity contribution is 5.85. The van der Waals surface area contributed by atoms with Crippen molar-refractivity contribution in [2.45, 2.75) is 26.2 Å². The molecule has 0 amide bonds. The van der Waals surface area contributed by atoms with Crippen LogP contribution in [0, 0.1) is 5.92 Å². The van der Waals surface area contributed by atoms with E-state index in [0.29, 0.717) is 0 Å². The Hall–Kier alpha value is 0.170. The molecule has 0 radical (unpaired) electrons. The predicted octanol–water partition coefficient (Wildman–Crippen LogP) is 1.85. The molecule has 1 N–H and O–H groups in total. The molecule has 4 heteroatoms. The molecule has 0 aliphatic carbocycles. The molecule has 1 rings (SSSR count). The van der Waals surface area contributed by atoms with Crippen LogP contribution in [-0.2, 0) is 9.47 Å². The first kappa shape index (κ1) is 15.2. The minimum atomic E-state index is 0. The van der Waals surface area contributed by atoms with Crippen molar-refractivity contribution < 1.29 is 9.47 Å². The Bertz CT molecular complexity index is 130. The lowest BCUT2D eigenvalue weighted by Gasteiger charge is -2.22. The summed E-state index contributed by atoms with van der Waals surface area (Å²) < 4.78 is 10.9. The number of hydrogen-bond donors (Lipinski definition) is 1. The van der Waals surface area contributed by atoms with Gasteiger partial charge in [-0.3, -0.25) is 0 Å². The summed E-state index contributed by atoms with van der Waals surface area (Å²) in [5.41, 5.74) is 0. The quantitative estimate of drug-likeness (QED) is 0.686. The average Bonchev–Trinajstić information content (AvgIpc) is 2.25. The Morgan fingerprint density at radius 3 is 2.67 bits per heavy atom. The Labute approximate surface area is 99.3 Å². The van der Waals surface area contributed by atoms with Crippen molar-refractivity contribution in [2.75, 3.05) is 39.5 Å². The topological polar surface area (TPSA) is 30.5 Å². The van der Waals surface area contributed by atoms with E-state index >= 15 is 0 Å². The van der Waals surface area contributed by atoms with Gasteiger partial charge in [0, 0.05) is 13.2 Å². The largest absolute Gasteiger partial charge is 0.379 e. The lowest BCUT2D eigenvalue weighted by molar-refractivity contribution is 0.0301. The number of ether oxygens (including phenoxy) is 2. The number of halogens is 1. The Kier molecular flexibility index (Phi) is 10.8. The highest BCUT2D eigenvalue weighted by Crippen LogP contribution is 2.09. The van der Waals surface area contributed by atoms with Crippen molar-refractivity contribution in [3.63, 3.8) is 0 Å². The molecule has 92 valence electrons. The highest BCUT2D eigenvalue weighted by atomic mass is 35.5. The molecule has 1 unspecified atom stereocenters. The Balaban J connectivity index is 0.00000196. The first-order valence-corrected chi connectivity index (χ1v) is 5.79. The van der Waals surface area contributed by atoms with Crippen LogP contribution in [0.25, 0.3) is 0 Å². The van der Waals surface area contributed by atoms with E-state index in [2.05, 4.69) is 12.2 Å². The van der Waals surface area contributed by atoms with Crippen LogP contribution in [0.4, 0.5) is 0 Å². The molecule has 0 aromatic carbocycles. The van der Waals surface area contributed by atoms with Gasteiger partial charge in [0.1, 0.15) is 0 Å². The molecule has 0 aromatic rings. The third kappa shape index (κ3) is 8.03. The van der Waals surface area contributed by atoms with Gasteiger partial charge in [-0.25, -0.2) is 0 Å². The fraction of sp³-hybridized carbons (Fsp3) is 1.00. The molecule has 1 fully saturated rings. The van der Waals surface area contributed by atoms with Crippen LogP contribution in [-0.4, -0.2) is 39.5 Å². The highest BCUT2D eigenvalue weighted by Gasteiger charge is 2.12. The molecular weight excluding hydrogens is 214 g/mol. The minimum absolute atomic E-state index is 0. The van der Waals surface area contributed by atoms with E-state index in [1.165, 1.54) is 19.4 Å². The van der Waals surface area contributed by atoms with E-state index in [9.17, 15) is 0 Å². The summed E-state index contributed by atoms with van der Waals surface area (Å²) in [4.78, 5) is 0. The van der Waals surface area contributed by atoms with Gasteiger partial charge in [-0.1, -0.05) is 6.92 Å². The van der Waals surface area contributed by atoms with Gasteiger partial charge in [0.2, 0.25) is 0 Å². The third-order valence-electron chi connectivity index (χ3n) is 2.47. The zero-order valence-electron chi connectivity index (χ0n) is 9.67. The molecule has 0 bridgehead atoms. The van der Waals surface area contributed by atoms with Gasteiger partial charge in [-0.15, -0.1) is 12.4 Å². The zero-order valence-corrected chi connectivity index (χ0v) is 10.5. The Morgan fingerprint density at radius 1 is 1.20 bits per heavy atom. The maximum absolute atomic E-state index is 5.55. The summed E-state index contributed by atoms with van der Waals surface area (Å²) in [6, 6.07) is 0. The van der Waals surface area contributed by atoms with E-state index in [-0.39, 0.29) is 12.4 Å². The van der Waals surface area contributed by atoms with E-state index in [0.717, 1.165) is 45.3 Å². The van der Waals surface area contributed by atoms with E-state index < -0.39 is 0 Å². The van der Waals surface area contributed by atoms with Gasteiger partial charge in [-0.05, 0) is 31.7 Å². The van der Waals surface area contributed by atoms with Crippen LogP contribution in [0.15, 0.2) is 0 Å². The molecule has 0 aromatic heterocycles. The normalized spacial score (nSPS) is 21.0. The molecule has 15 heavy (non-hydrogen) atoms. The average molecular weight is 238 g/mol.